The molecule has 1 rings (SSSR count). The van der Waals surface area contributed by atoms with Gasteiger partial charge in [0.15, 0.2) is 0 Å². The van der Waals surface area contributed by atoms with Gasteiger partial charge in [0.2, 0.25) is 0 Å². The van der Waals surface area contributed by atoms with E-state index in [2.05, 4.69) is 0 Å². The molecule has 0 saturated heterocycles. The lowest BCUT2D eigenvalue weighted by Crippen LogP contribution is -2.02. The Hall–Kier alpha value is -1.71. The van der Waals surface area contributed by atoms with Gasteiger partial charge in [-0.1, -0.05) is 0 Å². The van der Waals surface area contributed by atoms with Crippen LogP contribution in [0.3, 0.4) is 0 Å². The van der Waals surface area contributed by atoms with Gasteiger partial charge in [-0.05, 0) is 18.2 Å². The van der Waals surface area contributed by atoms with E-state index in [-0.39, 0.29) is 19.0 Å². The molecular weight excluding hydrogens is 242 g/mol. The van der Waals surface area contributed by atoms with Crippen LogP contribution in [-0.2, 0) is 4.79 Å². The fourth-order valence-electron chi connectivity index (χ4n) is 1.11. The zero-order chi connectivity index (χ0) is 12.7. The first-order valence-electron chi connectivity index (χ1n) is 4.79. The molecule has 6 heteroatoms. The van der Waals surface area contributed by atoms with E-state index < -0.39 is 5.97 Å². The van der Waals surface area contributed by atoms with Gasteiger partial charge < -0.3 is 14.9 Å². The lowest BCUT2D eigenvalue weighted by molar-refractivity contribution is -0.133. The molecular formula is C11H11NO4S. The predicted octanol–water partition coefficient (Wildman–Crippen LogP) is 1.11. The zero-order valence-corrected chi connectivity index (χ0v) is 9.74. The maximum atomic E-state index is 10.5. The van der Waals surface area contributed by atoms with Crippen molar-refractivity contribution < 1.29 is 19.7 Å². The van der Waals surface area contributed by atoms with Crippen LogP contribution in [0.15, 0.2) is 23.1 Å². The Labute approximate surface area is 103 Å². The summed E-state index contributed by atoms with van der Waals surface area (Å²) in [5.74, 6) is -0.551. The number of carbonyl (C=O) groups is 1. The molecule has 0 aromatic heterocycles. The Morgan fingerprint density at radius 2 is 2.29 bits per heavy atom. The van der Waals surface area contributed by atoms with Crippen LogP contribution >= 0.6 is 11.8 Å². The van der Waals surface area contributed by atoms with Crippen molar-refractivity contribution in [2.45, 2.75) is 4.90 Å². The molecule has 0 aliphatic rings. The molecule has 0 radical (unpaired) electrons. The van der Waals surface area contributed by atoms with Crippen molar-refractivity contribution in [1.82, 2.24) is 0 Å². The predicted molar refractivity (Wildman–Crippen MR) is 62.1 cm³/mol. The van der Waals surface area contributed by atoms with Crippen molar-refractivity contribution in [2.24, 2.45) is 0 Å². The van der Waals surface area contributed by atoms with E-state index >= 15 is 0 Å². The highest BCUT2D eigenvalue weighted by molar-refractivity contribution is 8.00. The number of nitrogens with zero attached hydrogens (tertiary/aromatic N) is 1. The summed E-state index contributed by atoms with van der Waals surface area (Å²) in [6, 6.07) is 6.76. The first kappa shape index (κ1) is 13.4. The van der Waals surface area contributed by atoms with Crippen LogP contribution in [0.5, 0.6) is 5.75 Å². The van der Waals surface area contributed by atoms with E-state index in [1.54, 1.807) is 18.2 Å². The van der Waals surface area contributed by atoms with Gasteiger partial charge in [-0.15, -0.1) is 11.8 Å². The van der Waals surface area contributed by atoms with Gasteiger partial charge in [-0.2, -0.15) is 5.26 Å². The molecule has 0 amide bonds. The van der Waals surface area contributed by atoms with E-state index in [1.807, 2.05) is 6.07 Å². The minimum Gasteiger partial charge on any atom is -0.491 e. The number of thioether (sulfide) groups is 1. The minimum absolute atomic E-state index is 0.0996. The molecule has 0 heterocycles. The second kappa shape index (κ2) is 6.78. The molecule has 0 aliphatic heterocycles. The van der Waals surface area contributed by atoms with E-state index in [0.717, 1.165) is 11.8 Å². The molecule has 5 nitrogen and oxygen atoms in total. The lowest BCUT2D eigenvalue weighted by Gasteiger charge is -2.07. The quantitative estimate of drug-likeness (QED) is 0.738. The highest BCUT2D eigenvalue weighted by Gasteiger charge is 2.07. The summed E-state index contributed by atoms with van der Waals surface area (Å²) in [6.07, 6.45) is 0. The van der Waals surface area contributed by atoms with Gasteiger partial charge in [0.1, 0.15) is 18.4 Å². The summed E-state index contributed by atoms with van der Waals surface area (Å²) in [5.41, 5.74) is 0.410. The SMILES string of the molecule is N#Cc1ccc(OCCO)cc1SCC(=O)O. The molecule has 2 N–H and O–H groups in total. The Morgan fingerprint density at radius 1 is 1.53 bits per heavy atom. The minimum atomic E-state index is -0.944. The molecule has 0 fully saturated rings. The average molecular weight is 253 g/mol. The van der Waals surface area contributed by atoms with Crippen LogP contribution in [0.1, 0.15) is 5.56 Å². The monoisotopic (exact) mass is 253 g/mol. The molecule has 0 unspecified atom stereocenters. The number of rotatable bonds is 6. The van der Waals surface area contributed by atoms with Crippen LogP contribution in [0.2, 0.25) is 0 Å². The van der Waals surface area contributed by atoms with Crippen LogP contribution in [0, 0.1) is 11.3 Å². The highest BCUT2D eigenvalue weighted by atomic mass is 32.2. The lowest BCUT2D eigenvalue weighted by atomic mass is 10.2. The second-order valence-corrected chi connectivity index (χ2v) is 4.04. The first-order chi connectivity index (χ1) is 8.17. The number of aliphatic hydroxyl groups is 1. The molecule has 17 heavy (non-hydrogen) atoms. The van der Waals surface area contributed by atoms with Crippen LogP contribution in [0.4, 0.5) is 0 Å². The number of hydrogen-bond acceptors (Lipinski definition) is 5. The third kappa shape index (κ3) is 4.34. The Bertz CT molecular complexity index is 442. The fourth-order valence-corrected chi connectivity index (χ4v) is 1.85. The van der Waals surface area contributed by atoms with Gasteiger partial charge in [0.05, 0.1) is 17.9 Å². The van der Waals surface area contributed by atoms with Gasteiger partial charge in [-0.25, -0.2) is 0 Å². The van der Waals surface area contributed by atoms with Gasteiger partial charge in [0, 0.05) is 4.90 Å². The summed E-state index contributed by atoms with van der Waals surface area (Å²) in [7, 11) is 0. The summed E-state index contributed by atoms with van der Waals surface area (Å²) in [5, 5.41) is 26.1. The molecule has 90 valence electrons. The number of nitriles is 1. The Morgan fingerprint density at radius 3 is 2.88 bits per heavy atom. The van der Waals surface area contributed by atoms with Crippen molar-refractivity contribution in [1.29, 1.82) is 5.26 Å². The smallest absolute Gasteiger partial charge is 0.313 e. The van der Waals surface area contributed by atoms with Crippen molar-refractivity contribution in [2.75, 3.05) is 19.0 Å². The van der Waals surface area contributed by atoms with Crippen molar-refractivity contribution >= 4 is 17.7 Å². The highest BCUT2D eigenvalue weighted by Crippen LogP contribution is 2.26. The zero-order valence-electron chi connectivity index (χ0n) is 8.92. The molecule has 1 aromatic rings. The van der Waals surface area contributed by atoms with Gasteiger partial charge in [0.25, 0.3) is 0 Å². The van der Waals surface area contributed by atoms with E-state index in [4.69, 9.17) is 20.2 Å². The standard InChI is InChI=1S/C11H11NO4S/c12-6-8-1-2-9(16-4-3-13)5-10(8)17-7-11(14)15/h1-2,5,13H,3-4,7H2,(H,14,15). The number of carboxylic acid groups (broad SMARTS) is 1. The van der Waals surface area contributed by atoms with E-state index in [1.165, 1.54) is 0 Å². The molecule has 0 spiro atoms. The number of hydrogen-bond donors (Lipinski definition) is 2. The van der Waals surface area contributed by atoms with Crippen molar-refractivity contribution in [3.8, 4) is 11.8 Å². The van der Waals surface area contributed by atoms with Crippen LogP contribution in [0.25, 0.3) is 0 Å². The molecule has 0 atom stereocenters. The normalized spacial score (nSPS) is 9.65. The maximum absolute atomic E-state index is 10.5. The number of aliphatic hydroxyl groups excluding tert-OH is 1. The van der Waals surface area contributed by atoms with Gasteiger partial charge >= 0.3 is 5.97 Å². The number of benzene rings is 1. The number of aliphatic carboxylic acids is 1. The van der Waals surface area contributed by atoms with E-state index in [9.17, 15) is 4.79 Å². The summed E-state index contributed by atoms with van der Waals surface area (Å²) >= 11 is 1.06. The fraction of sp³-hybridized carbons (Fsp3) is 0.273. The van der Waals surface area contributed by atoms with Gasteiger partial charge in [-0.3, -0.25) is 4.79 Å². The third-order valence-corrected chi connectivity index (χ3v) is 2.82. The Balaban J connectivity index is 2.83. The summed E-state index contributed by atoms with van der Waals surface area (Å²) in [6.45, 7) is 0.0620. The van der Waals surface area contributed by atoms with Crippen LogP contribution in [-0.4, -0.2) is 35.1 Å². The molecule has 1 aromatic carbocycles. The topological polar surface area (TPSA) is 90.5 Å². The van der Waals surface area contributed by atoms with Crippen LogP contribution < -0.4 is 4.74 Å². The maximum Gasteiger partial charge on any atom is 0.313 e. The summed E-state index contributed by atoms with van der Waals surface area (Å²) in [4.78, 5) is 11.0. The average Bonchev–Trinajstić information content (AvgIpc) is 2.33. The van der Waals surface area contributed by atoms with Crippen molar-refractivity contribution in [3.63, 3.8) is 0 Å². The molecule has 0 saturated carbocycles. The first-order valence-corrected chi connectivity index (χ1v) is 5.78. The Kier molecular flexibility index (Phi) is 5.33. The largest absolute Gasteiger partial charge is 0.491 e. The number of ether oxygens (including phenoxy) is 1. The summed E-state index contributed by atoms with van der Waals surface area (Å²) < 4.78 is 5.18. The second-order valence-electron chi connectivity index (χ2n) is 3.02. The number of carboxylic acids is 1. The third-order valence-electron chi connectivity index (χ3n) is 1.78. The van der Waals surface area contributed by atoms with Crippen molar-refractivity contribution in [3.05, 3.63) is 23.8 Å². The molecule has 0 aliphatic carbocycles. The van der Waals surface area contributed by atoms with E-state index in [0.29, 0.717) is 16.2 Å². The molecule has 0 bridgehead atoms.